The molecule has 3 aromatic rings. The standard InChI is InChI=1S/C26H29N3O2/c1-20-25(3-2-12-28-20)26(30)29-15-10-22(11-16-29)17-21-4-6-23(7-5-21)18-31-19-24-8-13-27-14-9-24/h2-9,12-14,22H,10-11,15-19H2,1H3. The number of hydrogen-bond acceptors (Lipinski definition) is 4. The molecule has 2 aromatic heterocycles. The van der Waals surface area contributed by atoms with Gasteiger partial charge in [-0.1, -0.05) is 24.3 Å². The van der Waals surface area contributed by atoms with Gasteiger partial charge in [-0.2, -0.15) is 0 Å². The zero-order chi connectivity index (χ0) is 21.5. The Morgan fingerprint density at radius 1 is 0.935 bits per heavy atom. The van der Waals surface area contributed by atoms with Gasteiger partial charge in [0.1, 0.15) is 0 Å². The van der Waals surface area contributed by atoms with E-state index >= 15 is 0 Å². The lowest BCUT2D eigenvalue weighted by atomic mass is 9.89. The predicted molar refractivity (Wildman–Crippen MR) is 120 cm³/mol. The molecule has 0 unspecified atom stereocenters. The summed E-state index contributed by atoms with van der Waals surface area (Å²) in [5.41, 5.74) is 5.20. The van der Waals surface area contributed by atoms with Crippen LogP contribution in [-0.2, 0) is 24.4 Å². The minimum Gasteiger partial charge on any atom is -0.372 e. The van der Waals surface area contributed by atoms with Gasteiger partial charge in [-0.15, -0.1) is 0 Å². The number of aryl methyl sites for hydroxylation is 1. The molecule has 5 heteroatoms. The monoisotopic (exact) mass is 415 g/mol. The van der Waals surface area contributed by atoms with E-state index in [0.717, 1.165) is 49.2 Å². The Kier molecular flexibility index (Phi) is 7.05. The average Bonchev–Trinajstić information content (AvgIpc) is 2.81. The van der Waals surface area contributed by atoms with Gasteiger partial charge in [-0.05, 0) is 73.1 Å². The van der Waals surface area contributed by atoms with E-state index < -0.39 is 0 Å². The molecule has 0 aliphatic carbocycles. The first kappa shape index (κ1) is 21.2. The largest absolute Gasteiger partial charge is 0.372 e. The molecule has 1 aliphatic heterocycles. The molecular weight excluding hydrogens is 386 g/mol. The van der Waals surface area contributed by atoms with Crippen LogP contribution < -0.4 is 0 Å². The fourth-order valence-electron chi connectivity index (χ4n) is 4.09. The van der Waals surface area contributed by atoms with Crippen LogP contribution in [0.5, 0.6) is 0 Å². The third-order valence-corrected chi connectivity index (χ3v) is 5.97. The van der Waals surface area contributed by atoms with Crippen molar-refractivity contribution >= 4 is 5.91 Å². The van der Waals surface area contributed by atoms with E-state index in [4.69, 9.17) is 4.74 Å². The van der Waals surface area contributed by atoms with Crippen LogP contribution in [0.3, 0.4) is 0 Å². The molecule has 1 aromatic carbocycles. The van der Waals surface area contributed by atoms with Gasteiger partial charge in [0.15, 0.2) is 0 Å². The van der Waals surface area contributed by atoms with Crippen molar-refractivity contribution in [3.8, 4) is 0 Å². The molecule has 1 aliphatic rings. The Balaban J connectivity index is 1.22. The number of pyridine rings is 2. The Labute approximate surface area is 184 Å². The highest BCUT2D eigenvalue weighted by atomic mass is 16.5. The van der Waals surface area contributed by atoms with E-state index in [1.54, 1.807) is 18.6 Å². The molecular formula is C26H29N3O2. The average molecular weight is 416 g/mol. The number of nitrogens with zero attached hydrogens (tertiary/aromatic N) is 3. The summed E-state index contributed by atoms with van der Waals surface area (Å²) in [6.07, 6.45) is 8.45. The first-order valence-electron chi connectivity index (χ1n) is 10.9. The summed E-state index contributed by atoms with van der Waals surface area (Å²) in [5, 5.41) is 0. The fraction of sp³-hybridized carbons (Fsp3) is 0.346. The number of benzene rings is 1. The van der Waals surface area contributed by atoms with E-state index in [2.05, 4.69) is 34.2 Å². The maximum absolute atomic E-state index is 12.8. The van der Waals surface area contributed by atoms with Crippen LogP contribution in [-0.4, -0.2) is 33.9 Å². The third-order valence-electron chi connectivity index (χ3n) is 5.97. The Bertz CT molecular complexity index is 981. The van der Waals surface area contributed by atoms with E-state index in [9.17, 15) is 4.79 Å². The van der Waals surface area contributed by atoms with Gasteiger partial charge in [0.25, 0.3) is 5.91 Å². The van der Waals surface area contributed by atoms with Crippen molar-refractivity contribution in [2.45, 2.75) is 39.4 Å². The second-order valence-electron chi connectivity index (χ2n) is 8.24. The summed E-state index contributed by atoms with van der Waals surface area (Å²) < 4.78 is 5.80. The molecule has 0 spiro atoms. The summed E-state index contributed by atoms with van der Waals surface area (Å²) in [7, 11) is 0. The zero-order valence-corrected chi connectivity index (χ0v) is 18.0. The maximum atomic E-state index is 12.8. The Morgan fingerprint density at radius 3 is 2.26 bits per heavy atom. The van der Waals surface area contributed by atoms with Crippen molar-refractivity contribution in [1.82, 2.24) is 14.9 Å². The quantitative estimate of drug-likeness (QED) is 0.566. The molecule has 0 saturated carbocycles. The van der Waals surface area contributed by atoms with Crippen LogP contribution in [0, 0.1) is 12.8 Å². The highest BCUT2D eigenvalue weighted by Gasteiger charge is 2.24. The van der Waals surface area contributed by atoms with Crippen molar-refractivity contribution in [2.75, 3.05) is 13.1 Å². The van der Waals surface area contributed by atoms with Crippen molar-refractivity contribution in [3.05, 3.63) is 95.1 Å². The molecule has 1 saturated heterocycles. The Morgan fingerprint density at radius 2 is 1.58 bits per heavy atom. The Hall–Kier alpha value is -3.05. The lowest BCUT2D eigenvalue weighted by Gasteiger charge is -2.32. The normalized spacial score (nSPS) is 14.5. The second-order valence-corrected chi connectivity index (χ2v) is 8.24. The maximum Gasteiger partial charge on any atom is 0.255 e. The lowest BCUT2D eigenvalue weighted by molar-refractivity contribution is 0.0689. The molecule has 1 fully saturated rings. The molecule has 4 rings (SSSR count). The molecule has 1 amide bonds. The number of piperidine rings is 1. The number of amides is 1. The van der Waals surface area contributed by atoms with Crippen LogP contribution in [0.1, 0.15) is 45.6 Å². The van der Waals surface area contributed by atoms with E-state index in [1.165, 1.54) is 11.1 Å². The number of carbonyl (C=O) groups excluding carboxylic acids is 1. The van der Waals surface area contributed by atoms with Gasteiger partial charge >= 0.3 is 0 Å². The van der Waals surface area contributed by atoms with Crippen LogP contribution in [0.25, 0.3) is 0 Å². The number of rotatable bonds is 7. The van der Waals surface area contributed by atoms with Crippen molar-refractivity contribution in [2.24, 2.45) is 5.92 Å². The molecule has 0 N–H and O–H groups in total. The van der Waals surface area contributed by atoms with Gasteiger partial charge in [0.2, 0.25) is 0 Å². The van der Waals surface area contributed by atoms with Gasteiger partial charge in [-0.3, -0.25) is 14.8 Å². The third kappa shape index (κ3) is 5.76. The number of carbonyl (C=O) groups is 1. The van der Waals surface area contributed by atoms with Gasteiger partial charge in [0.05, 0.1) is 18.8 Å². The molecule has 31 heavy (non-hydrogen) atoms. The molecule has 3 heterocycles. The van der Waals surface area contributed by atoms with Crippen molar-refractivity contribution < 1.29 is 9.53 Å². The lowest BCUT2D eigenvalue weighted by Crippen LogP contribution is -2.39. The van der Waals surface area contributed by atoms with Crippen LogP contribution >= 0.6 is 0 Å². The molecule has 0 atom stereocenters. The summed E-state index contributed by atoms with van der Waals surface area (Å²) in [6.45, 7) is 4.74. The number of hydrogen-bond donors (Lipinski definition) is 0. The second kappa shape index (κ2) is 10.3. The van der Waals surface area contributed by atoms with Crippen molar-refractivity contribution in [3.63, 3.8) is 0 Å². The van der Waals surface area contributed by atoms with Crippen LogP contribution in [0.4, 0.5) is 0 Å². The van der Waals surface area contributed by atoms with Gasteiger partial charge in [0, 0.05) is 37.4 Å². The number of likely N-dealkylation sites (tertiary alicyclic amines) is 1. The highest BCUT2D eigenvalue weighted by molar-refractivity contribution is 5.95. The molecule has 5 nitrogen and oxygen atoms in total. The van der Waals surface area contributed by atoms with Crippen LogP contribution in [0.2, 0.25) is 0 Å². The number of aromatic nitrogens is 2. The molecule has 0 bridgehead atoms. The number of ether oxygens (including phenoxy) is 1. The first-order chi connectivity index (χ1) is 15.2. The zero-order valence-electron chi connectivity index (χ0n) is 18.0. The predicted octanol–water partition coefficient (Wildman–Crippen LogP) is 4.60. The van der Waals surface area contributed by atoms with E-state index in [0.29, 0.717) is 19.1 Å². The van der Waals surface area contributed by atoms with Crippen LogP contribution in [0.15, 0.2) is 67.1 Å². The minimum absolute atomic E-state index is 0.111. The SMILES string of the molecule is Cc1ncccc1C(=O)N1CCC(Cc2ccc(COCc3ccncc3)cc2)CC1. The summed E-state index contributed by atoms with van der Waals surface area (Å²) in [6, 6.07) is 16.4. The van der Waals surface area contributed by atoms with Gasteiger partial charge in [-0.25, -0.2) is 0 Å². The summed E-state index contributed by atoms with van der Waals surface area (Å²) >= 11 is 0. The van der Waals surface area contributed by atoms with E-state index in [1.807, 2.05) is 36.1 Å². The molecule has 0 radical (unpaired) electrons. The van der Waals surface area contributed by atoms with E-state index in [-0.39, 0.29) is 5.91 Å². The van der Waals surface area contributed by atoms with Crippen molar-refractivity contribution in [1.29, 1.82) is 0 Å². The van der Waals surface area contributed by atoms with Gasteiger partial charge < -0.3 is 9.64 Å². The highest BCUT2D eigenvalue weighted by Crippen LogP contribution is 2.23. The first-order valence-corrected chi connectivity index (χ1v) is 10.9. The minimum atomic E-state index is 0.111. The topological polar surface area (TPSA) is 55.3 Å². The summed E-state index contributed by atoms with van der Waals surface area (Å²) in [5.74, 6) is 0.730. The smallest absolute Gasteiger partial charge is 0.255 e. The molecule has 160 valence electrons. The summed E-state index contributed by atoms with van der Waals surface area (Å²) in [4.78, 5) is 23.0. The fourth-order valence-corrected chi connectivity index (χ4v) is 4.09.